The molecule has 8 nitrogen and oxygen atoms in total. The Morgan fingerprint density at radius 3 is 2.38 bits per heavy atom. The van der Waals surface area contributed by atoms with Crippen LogP contribution in [0, 0.1) is 0 Å². The van der Waals surface area contributed by atoms with Crippen LogP contribution < -0.4 is 20.1 Å². The topological polar surface area (TPSA) is 114 Å². The second-order valence-corrected chi connectivity index (χ2v) is 8.69. The molecular formula is C19H22BrN3O5S. The number of nitrogens with one attached hydrogen (secondary N) is 3. The van der Waals surface area contributed by atoms with Crippen LogP contribution >= 0.6 is 15.9 Å². The van der Waals surface area contributed by atoms with Gasteiger partial charge in [-0.05, 0) is 36.8 Å². The minimum atomic E-state index is -3.94. The monoisotopic (exact) mass is 483 g/mol. The summed E-state index contributed by atoms with van der Waals surface area (Å²) in [6.07, 6.45) is 0.422. The molecule has 3 N–H and O–H groups in total. The molecule has 0 saturated carbocycles. The first-order chi connectivity index (χ1) is 13.8. The molecule has 0 fully saturated rings. The number of halogens is 1. The Labute approximate surface area is 178 Å². The first kappa shape index (κ1) is 22.7. The Hall–Kier alpha value is -2.59. The van der Waals surface area contributed by atoms with Crippen LogP contribution in [0.3, 0.4) is 0 Å². The molecule has 2 rings (SSSR count). The predicted molar refractivity (Wildman–Crippen MR) is 113 cm³/mol. The fraction of sp³-hybridized carbons (Fsp3) is 0.263. The third-order valence-corrected chi connectivity index (χ3v) is 5.72. The standard InChI is InChI=1S/C19H22BrN3O5S/c1-3-28-16-7-5-4-6-15(16)18(24)22-17(20)12-13-8-10-14(11-9-13)29(26,27)23-19(25)21-2/h4-11,17H,3,12H2,1-2H3,(H,22,24)(H2,21,23,25). The number of ether oxygens (including phenoxy) is 1. The van der Waals surface area contributed by atoms with Crippen LogP contribution in [0.5, 0.6) is 5.75 Å². The highest BCUT2D eigenvalue weighted by Gasteiger charge is 2.18. The molecule has 1 unspecified atom stereocenters. The fourth-order valence-corrected chi connectivity index (χ4v) is 3.99. The molecule has 3 amide bonds. The average molecular weight is 484 g/mol. The molecule has 0 heterocycles. The first-order valence-corrected chi connectivity index (χ1v) is 11.2. The van der Waals surface area contributed by atoms with E-state index in [0.29, 0.717) is 24.3 Å². The normalized spacial score (nSPS) is 12.0. The summed E-state index contributed by atoms with van der Waals surface area (Å²) in [5.74, 6) is 0.218. The predicted octanol–water partition coefficient (Wildman–Crippen LogP) is 2.40. The van der Waals surface area contributed by atoms with Gasteiger partial charge in [-0.25, -0.2) is 17.9 Å². The van der Waals surface area contributed by atoms with E-state index in [9.17, 15) is 18.0 Å². The van der Waals surface area contributed by atoms with Crippen molar-refractivity contribution in [3.8, 4) is 5.75 Å². The van der Waals surface area contributed by atoms with Gasteiger partial charge < -0.3 is 15.4 Å². The van der Waals surface area contributed by atoms with Crippen molar-refractivity contribution in [1.82, 2.24) is 15.4 Å². The van der Waals surface area contributed by atoms with Gasteiger partial charge in [0.2, 0.25) is 0 Å². The molecule has 2 aromatic carbocycles. The lowest BCUT2D eigenvalue weighted by molar-refractivity contribution is 0.0947. The number of rotatable bonds is 8. The minimum absolute atomic E-state index is 0.0364. The van der Waals surface area contributed by atoms with E-state index in [2.05, 4.69) is 26.6 Å². The number of hydrogen-bond acceptors (Lipinski definition) is 5. The molecule has 0 aliphatic heterocycles. The number of alkyl halides is 1. The van der Waals surface area contributed by atoms with Crippen molar-refractivity contribution in [3.63, 3.8) is 0 Å². The summed E-state index contributed by atoms with van der Waals surface area (Å²) in [7, 11) is -2.61. The van der Waals surface area contributed by atoms with Crippen LogP contribution in [-0.4, -0.2) is 39.0 Å². The van der Waals surface area contributed by atoms with E-state index in [1.54, 1.807) is 36.4 Å². The minimum Gasteiger partial charge on any atom is -0.493 e. The third kappa shape index (κ3) is 6.47. The SMILES string of the molecule is CCOc1ccccc1C(=O)NC(Br)Cc1ccc(S(=O)(=O)NC(=O)NC)cc1. The lowest BCUT2D eigenvalue weighted by atomic mass is 10.1. The van der Waals surface area contributed by atoms with Gasteiger partial charge in [-0.3, -0.25) is 4.79 Å². The van der Waals surface area contributed by atoms with Crippen LogP contribution in [0.25, 0.3) is 0 Å². The van der Waals surface area contributed by atoms with Gasteiger partial charge in [0.15, 0.2) is 0 Å². The maximum absolute atomic E-state index is 12.5. The zero-order valence-electron chi connectivity index (χ0n) is 15.9. The molecule has 2 aromatic rings. The number of carbonyl (C=O) groups excluding carboxylic acids is 2. The number of urea groups is 1. The van der Waals surface area contributed by atoms with E-state index in [4.69, 9.17) is 4.74 Å². The van der Waals surface area contributed by atoms with Crippen molar-refractivity contribution in [2.24, 2.45) is 0 Å². The number of hydrogen-bond donors (Lipinski definition) is 3. The van der Waals surface area contributed by atoms with Gasteiger partial charge in [-0.2, -0.15) is 0 Å². The van der Waals surface area contributed by atoms with Crippen molar-refractivity contribution in [3.05, 3.63) is 59.7 Å². The Balaban J connectivity index is 2.02. The Bertz CT molecular complexity index is 964. The summed E-state index contributed by atoms with van der Waals surface area (Å²) in [5.41, 5.74) is 1.23. The second kappa shape index (κ2) is 10.3. The van der Waals surface area contributed by atoms with Gasteiger partial charge in [-0.15, -0.1) is 0 Å². The number of carbonyl (C=O) groups is 2. The van der Waals surface area contributed by atoms with Crippen LogP contribution in [-0.2, 0) is 16.4 Å². The molecule has 0 aromatic heterocycles. The summed E-state index contributed by atoms with van der Waals surface area (Å²) in [4.78, 5) is 23.3. The molecule has 10 heteroatoms. The van der Waals surface area contributed by atoms with Crippen molar-refractivity contribution in [1.29, 1.82) is 0 Å². The first-order valence-electron chi connectivity index (χ1n) is 8.77. The van der Waals surface area contributed by atoms with Gasteiger partial charge in [0.25, 0.3) is 15.9 Å². The van der Waals surface area contributed by atoms with Crippen LogP contribution in [0.15, 0.2) is 53.4 Å². The van der Waals surface area contributed by atoms with E-state index in [-0.39, 0.29) is 15.8 Å². The highest BCUT2D eigenvalue weighted by atomic mass is 79.9. The molecule has 0 aliphatic rings. The Morgan fingerprint density at radius 2 is 1.76 bits per heavy atom. The summed E-state index contributed by atoms with van der Waals surface area (Å²) in [6.45, 7) is 2.29. The van der Waals surface area contributed by atoms with Crippen LogP contribution in [0.2, 0.25) is 0 Å². The van der Waals surface area contributed by atoms with Gasteiger partial charge in [-0.1, -0.05) is 40.2 Å². The lowest BCUT2D eigenvalue weighted by Crippen LogP contribution is -2.37. The highest BCUT2D eigenvalue weighted by molar-refractivity contribution is 9.09. The van der Waals surface area contributed by atoms with Crippen LogP contribution in [0.1, 0.15) is 22.8 Å². The van der Waals surface area contributed by atoms with Crippen LogP contribution in [0.4, 0.5) is 4.79 Å². The molecule has 1 atom stereocenters. The van der Waals surface area contributed by atoms with Gasteiger partial charge in [0.1, 0.15) is 5.75 Å². The van der Waals surface area contributed by atoms with Gasteiger partial charge in [0, 0.05) is 13.5 Å². The molecular weight excluding hydrogens is 462 g/mol. The van der Waals surface area contributed by atoms with E-state index in [1.165, 1.54) is 19.2 Å². The molecule has 0 spiro atoms. The largest absolute Gasteiger partial charge is 0.493 e. The summed E-state index contributed by atoms with van der Waals surface area (Å²) < 4.78 is 31.5. The Kier molecular flexibility index (Phi) is 8.03. The molecule has 0 saturated heterocycles. The molecule has 156 valence electrons. The summed E-state index contributed by atoms with van der Waals surface area (Å²) in [5, 5.41) is 5.02. The van der Waals surface area contributed by atoms with E-state index >= 15 is 0 Å². The highest BCUT2D eigenvalue weighted by Crippen LogP contribution is 2.19. The van der Waals surface area contributed by atoms with Crippen molar-refractivity contribution >= 4 is 37.9 Å². The molecule has 0 bridgehead atoms. The third-order valence-electron chi connectivity index (χ3n) is 3.82. The van der Waals surface area contributed by atoms with Crippen molar-refractivity contribution in [2.75, 3.05) is 13.7 Å². The number of para-hydroxylation sites is 1. The smallest absolute Gasteiger partial charge is 0.328 e. The van der Waals surface area contributed by atoms with E-state index < -0.39 is 16.1 Å². The second-order valence-electron chi connectivity index (χ2n) is 5.90. The maximum Gasteiger partial charge on any atom is 0.328 e. The zero-order chi connectivity index (χ0) is 21.4. The van der Waals surface area contributed by atoms with Crippen molar-refractivity contribution in [2.45, 2.75) is 23.2 Å². The van der Waals surface area contributed by atoms with Gasteiger partial charge in [0.05, 0.1) is 22.0 Å². The zero-order valence-corrected chi connectivity index (χ0v) is 18.3. The summed E-state index contributed by atoms with van der Waals surface area (Å²) >= 11 is 3.42. The molecule has 29 heavy (non-hydrogen) atoms. The van der Waals surface area contributed by atoms with Crippen molar-refractivity contribution < 1.29 is 22.7 Å². The Morgan fingerprint density at radius 1 is 1.10 bits per heavy atom. The quantitative estimate of drug-likeness (QED) is 0.394. The molecule has 0 radical (unpaired) electrons. The fourth-order valence-electron chi connectivity index (χ4n) is 2.45. The summed E-state index contributed by atoms with van der Waals surface area (Å²) in [6, 6.07) is 12.2. The van der Waals surface area contributed by atoms with Gasteiger partial charge >= 0.3 is 6.03 Å². The number of sulfonamides is 1. The maximum atomic E-state index is 12.5. The lowest BCUT2D eigenvalue weighted by Gasteiger charge is -2.15. The van der Waals surface area contributed by atoms with E-state index in [1.807, 2.05) is 11.6 Å². The molecule has 0 aliphatic carbocycles. The van der Waals surface area contributed by atoms with E-state index in [0.717, 1.165) is 5.56 Å². The number of amides is 3. The average Bonchev–Trinajstić information content (AvgIpc) is 2.68. The number of benzene rings is 2.